The summed E-state index contributed by atoms with van der Waals surface area (Å²) in [7, 11) is 0. The topological polar surface area (TPSA) is 153 Å². The molecule has 0 atom stereocenters. The summed E-state index contributed by atoms with van der Waals surface area (Å²) in [6, 6.07) is 13.9. The zero-order valence-electron chi connectivity index (χ0n) is 33.6. The molecule has 4 fully saturated rings. The molecule has 5 amide bonds. The maximum atomic E-state index is 13.6. The molecule has 2 aromatic heterocycles. The molecule has 4 aromatic rings. The van der Waals surface area contributed by atoms with Crippen LogP contribution in [-0.2, 0) is 10.4 Å². The minimum atomic E-state index is -1.19. The van der Waals surface area contributed by atoms with Crippen LogP contribution in [-0.4, -0.2) is 92.7 Å². The fraction of sp³-hybridized carbons (Fsp3) is 0.500. The number of piperidine rings is 2. The summed E-state index contributed by atoms with van der Waals surface area (Å²) in [6.45, 7) is 10.1. The van der Waals surface area contributed by atoms with Gasteiger partial charge in [-0.05, 0) is 126 Å². The highest BCUT2D eigenvalue weighted by molar-refractivity contribution is 6.34. The van der Waals surface area contributed by atoms with Gasteiger partial charge in [-0.1, -0.05) is 17.7 Å². The van der Waals surface area contributed by atoms with E-state index in [2.05, 4.69) is 31.4 Å². The maximum absolute atomic E-state index is 13.6. The number of nitrogens with one attached hydrogen (secondary N) is 2. The Labute approximate surface area is 344 Å². The molecule has 0 bridgehead atoms. The molecule has 4 aliphatic rings. The lowest BCUT2D eigenvalue weighted by atomic mass is 9.65. The molecule has 306 valence electrons. The molecule has 8 rings (SSSR count). The molecule has 0 radical (unpaired) electrons. The summed E-state index contributed by atoms with van der Waals surface area (Å²) in [6.07, 6.45) is 11.1. The molecule has 1 spiro atoms. The lowest BCUT2D eigenvalue weighted by molar-refractivity contribution is -0.120. The van der Waals surface area contributed by atoms with Crippen LogP contribution in [0.15, 0.2) is 54.7 Å². The molecule has 1 saturated carbocycles. The summed E-state index contributed by atoms with van der Waals surface area (Å²) in [5.74, 6) is -0.0154. The lowest BCUT2D eigenvalue weighted by Crippen LogP contribution is -2.49. The number of halogens is 1. The predicted molar refractivity (Wildman–Crippen MR) is 223 cm³/mol. The van der Waals surface area contributed by atoms with E-state index in [4.69, 9.17) is 16.7 Å². The van der Waals surface area contributed by atoms with E-state index >= 15 is 0 Å². The number of hydrogen-bond acceptors (Lipinski definition) is 8. The predicted octanol–water partition coefficient (Wildman–Crippen LogP) is 7.07. The highest BCUT2D eigenvalue weighted by Gasteiger charge is 2.40. The fourth-order valence-electron chi connectivity index (χ4n) is 9.46. The van der Waals surface area contributed by atoms with Gasteiger partial charge < -0.3 is 20.2 Å². The van der Waals surface area contributed by atoms with Gasteiger partial charge in [0.15, 0.2) is 0 Å². The number of rotatable bonds is 8. The number of fused-ring (bicyclic) bond motifs is 1. The molecule has 5 heterocycles. The van der Waals surface area contributed by atoms with Gasteiger partial charge in [0.25, 0.3) is 11.8 Å². The molecule has 0 unspecified atom stereocenters. The van der Waals surface area contributed by atoms with Crippen molar-refractivity contribution in [2.24, 2.45) is 11.3 Å². The fourth-order valence-corrected chi connectivity index (χ4v) is 9.68. The Balaban J connectivity index is 0.821. The van der Waals surface area contributed by atoms with Crippen LogP contribution in [0.25, 0.3) is 10.9 Å². The van der Waals surface area contributed by atoms with Crippen LogP contribution in [0.3, 0.4) is 0 Å². The van der Waals surface area contributed by atoms with E-state index in [0.29, 0.717) is 39.1 Å². The smallest absolute Gasteiger partial charge is 0.328 e. The number of carbonyl (C=O) groups is 4. The number of urea groups is 1. The minimum Gasteiger partial charge on any atom is -0.386 e. The van der Waals surface area contributed by atoms with Crippen molar-refractivity contribution in [2.45, 2.75) is 90.2 Å². The van der Waals surface area contributed by atoms with Crippen molar-refractivity contribution in [3.8, 4) is 0 Å². The number of aryl methyl sites for hydroxylation is 1. The second kappa shape index (κ2) is 16.1. The Kier molecular flexibility index (Phi) is 11.1. The first-order chi connectivity index (χ1) is 27.7. The highest BCUT2D eigenvalue weighted by Crippen LogP contribution is 2.47. The third-order valence-corrected chi connectivity index (χ3v) is 13.3. The van der Waals surface area contributed by atoms with E-state index in [-0.39, 0.29) is 42.1 Å². The Morgan fingerprint density at radius 2 is 1.71 bits per heavy atom. The van der Waals surface area contributed by atoms with E-state index in [1.165, 1.54) is 30.6 Å². The van der Waals surface area contributed by atoms with Gasteiger partial charge in [0.1, 0.15) is 5.69 Å². The maximum Gasteiger partial charge on any atom is 0.328 e. The average Bonchev–Trinajstić information content (AvgIpc) is 3.62. The van der Waals surface area contributed by atoms with Gasteiger partial charge in [-0.15, -0.1) is 0 Å². The Morgan fingerprint density at radius 3 is 2.40 bits per heavy atom. The third kappa shape index (κ3) is 8.48. The molecule has 58 heavy (non-hydrogen) atoms. The van der Waals surface area contributed by atoms with Crippen LogP contribution in [0.4, 0.5) is 16.2 Å². The number of nitrogens with zero attached hydrogens (tertiary/aromatic N) is 6. The number of aliphatic hydroxyl groups is 1. The number of benzene rings is 2. The normalized spacial score (nSPS) is 19.8. The van der Waals surface area contributed by atoms with Gasteiger partial charge in [-0.3, -0.25) is 29.3 Å². The number of anilines is 2. The molecular weight excluding hydrogens is 756 g/mol. The van der Waals surface area contributed by atoms with E-state index in [0.717, 1.165) is 75.0 Å². The molecule has 1 aliphatic carbocycles. The number of aromatic nitrogens is 3. The summed E-state index contributed by atoms with van der Waals surface area (Å²) < 4.78 is 2.08. The Morgan fingerprint density at radius 1 is 0.966 bits per heavy atom. The lowest BCUT2D eigenvalue weighted by Gasteiger charge is -2.47. The standard InChI is InChI=1S/C44H53ClN8O5/c1-28-5-4-6-35(46-28)40(55)47-37-23-31-27-53(49-36(31)25-33(37)43(2,3)58)32-11-18-50(19-12-32)26-29-9-14-44(15-10-29)16-21-51(22-17-44)41(56)30-7-8-34(45)38(24-30)52-20-13-39(54)48-42(52)57/h4-8,23-25,27,29,32,58H,9-22,26H2,1-3H3,(H,47,55)(H,48,54,57). The number of carbonyl (C=O) groups excluding carboxylic acids is 4. The second-order valence-electron chi connectivity index (χ2n) is 17.4. The van der Waals surface area contributed by atoms with Crippen LogP contribution in [0.5, 0.6) is 0 Å². The van der Waals surface area contributed by atoms with Crippen LogP contribution >= 0.6 is 11.6 Å². The van der Waals surface area contributed by atoms with Crippen molar-refractivity contribution in [1.82, 2.24) is 29.9 Å². The van der Waals surface area contributed by atoms with Gasteiger partial charge in [0.05, 0.1) is 27.9 Å². The molecule has 14 heteroatoms. The van der Waals surface area contributed by atoms with Crippen LogP contribution in [0, 0.1) is 18.3 Å². The number of hydrogen-bond donors (Lipinski definition) is 3. The average molecular weight is 809 g/mol. The summed E-state index contributed by atoms with van der Waals surface area (Å²) in [5, 5.41) is 22.6. The van der Waals surface area contributed by atoms with Crippen molar-refractivity contribution >= 4 is 57.6 Å². The van der Waals surface area contributed by atoms with Gasteiger partial charge in [-0.25, -0.2) is 9.78 Å². The third-order valence-electron chi connectivity index (χ3n) is 13.0. The van der Waals surface area contributed by atoms with Crippen molar-refractivity contribution in [3.63, 3.8) is 0 Å². The monoisotopic (exact) mass is 808 g/mol. The van der Waals surface area contributed by atoms with Crippen LogP contribution < -0.4 is 15.5 Å². The van der Waals surface area contributed by atoms with Crippen molar-refractivity contribution < 1.29 is 24.3 Å². The first kappa shape index (κ1) is 40.0. The van der Waals surface area contributed by atoms with E-state index in [1.807, 2.05) is 36.1 Å². The van der Waals surface area contributed by atoms with Crippen molar-refractivity contribution in [3.05, 3.63) is 82.3 Å². The van der Waals surface area contributed by atoms with E-state index < -0.39 is 11.6 Å². The van der Waals surface area contributed by atoms with Gasteiger partial charge in [0.2, 0.25) is 5.91 Å². The van der Waals surface area contributed by atoms with Gasteiger partial charge in [-0.2, -0.15) is 5.10 Å². The molecule has 3 aliphatic heterocycles. The molecule has 2 aromatic carbocycles. The van der Waals surface area contributed by atoms with E-state index in [9.17, 15) is 24.3 Å². The largest absolute Gasteiger partial charge is 0.386 e. The number of imide groups is 1. The zero-order chi connectivity index (χ0) is 40.8. The van der Waals surface area contributed by atoms with Crippen molar-refractivity contribution in [1.29, 1.82) is 0 Å². The first-order valence-electron chi connectivity index (χ1n) is 20.7. The number of likely N-dealkylation sites (tertiary alicyclic amines) is 2. The number of pyridine rings is 1. The molecular formula is C44H53ClN8O5. The first-order valence-corrected chi connectivity index (χ1v) is 21.0. The Bertz CT molecular complexity index is 2220. The SMILES string of the molecule is Cc1cccc(C(=O)Nc2cc3cn(C4CCN(CC5CCC6(CC5)CCN(C(=O)c5ccc(Cl)c(N7CCC(=O)NC7=O)c5)CC6)CC4)nc3cc2C(C)(C)O)n1. The van der Waals surface area contributed by atoms with Crippen molar-refractivity contribution in [2.75, 3.05) is 49.5 Å². The Hall–Kier alpha value is -4.85. The van der Waals surface area contributed by atoms with Crippen LogP contribution in [0.2, 0.25) is 5.02 Å². The van der Waals surface area contributed by atoms with E-state index in [1.54, 1.807) is 38.1 Å². The highest BCUT2D eigenvalue weighted by atomic mass is 35.5. The molecule has 3 N–H and O–H groups in total. The van der Waals surface area contributed by atoms with Gasteiger partial charge in [0, 0.05) is 79.8 Å². The summed E-state index contributed by atoms with van der Waals surface area (Å²) in [5.41, 5.74) is 3.07. The van der Waals surface area contributed by atoms with Gasteiger partial charge >= 0.3 is 6.03 Å². The molecule has 13 nitrogen and oxygen atoms in total. The second-order valence-corrected chi connectivity index (χ2v) is 17.8. The summed E-state index contributed by atoms with van der Waals surface area (Å²) >= 11 is 6.43. The quantitative estimate of drug-likeness (QED) is 0.171. The summed E-state index contributed by atoms with van der Waals surface area (Å²) in [4.78, 5) is 61.2. The molecule has 3 saturated heterocycles. The zero-order valence-corrected chi connectivity index (χ0v) is 34.4. The minimum absolute atomic E-state index is 0.0506. The number of amides is 5. The van der Waals surface area contributed by atoms with Crippen LogP contribution in [0.1, 0.15) is 110 Å².